The molecule has 2 atom stereocenters. The molecule has 3 nitrogen and oxygen atoms in total. The molecule has 84 valence electrons. The summed E-state index contributed by atoms with van der Waals surface area (Å²) < 4.78 is 0. The minimum absolute atomic E-state index is 0.0437. The highest BCUT2D eigenvalue weighted by molar-refractivity contribution is 5.82. The summed E-state index contributed by atoms with van der Waals surface area (Å²) in [5.74, 6) is 0.476. The van der Waals surface area contributed by atoms with Crippen LogP contribution in [0.1, 0.15) is 41.0 Å². The van der Waals surface area contributed by atoms with Crippen LogP contribution in [0.2, 0.25) is 0 Å². The Kier molecular flexibility index (Phi) is 5.13. The van der Waals surface area contributed by atoms with Crippen LogP contribution in [0.25, 0.3) is 0 Å². The van der Waals surface area contributed by atoms with Crippen molar-refractivity contribution in [1.29, 1.82) is 0 Å². The van der Waals surface area contributed by atoms with Gasteiger partial charge in [-0.2, -0.15) is 0 Å². The number of hydrogen-bond acceptors (Lipinski definition) is 2. The van der Waals surface area contributed by atoms with Crippen molar-refractivity contribution in [3.05, 3.63) is 0 Å². The van der Waals surface area contributed by atoms with E-state index in [1.165, 1.54) is 0 Å². The lowest BCUT2D eigenvalue weighted by Gasteiger charge is -2.26. The molecular formula is C11H24N2O. The first-order valence-electron chi connectivity index (χ1n) is 5.32. The number of rotatable bonds is 4. The zero-order valence-electron chi connectivity index (χ0n) is 10.1. The van der Waals surface area contributed by atoms with Crippen LogP contribution in [0.5, 0.6) is 0 Å². The number of nitrogens with two attached hydrogens (primary N) is 1. The van der Waals surface area contributed by atoms with Crippen molar-refractivity contribution in [2.24, 2.45) is 17.1 Å². The van der Waals surface area contributed by atoms with E-state index in [9.17, 15) is 4.79 Å². The molecule has 0 aromatic carbocycles. The summed E-state index contributed by atoms with van der Waals surface area (Å²) >= 11 is 0. The minimum atomic E-state index is -0.424. The van der Waals surface area contributed by atoms with Gasteiger partial charge in [-0.15, -0.1) is 0 Å². The second-order valence-electron chi connectivity index (χ2n) is 5.10. The van der Waals surface area contributed by atoms with Crippen molar-refractivity contribution < 1.29 is 4.79 Å². The van der Waals surface area contributed by atoms with Crippen molar-refractivity contribution >= 4 is 5.91 Å². The van der Waals surface area contributed by atoms with Gasteiger partial charge in [-0.3, -0.25) is 4.79 Å². The lowest BCUT2D eigenvalue weighted by molar-refractivity contribution is -0.124. The van der Waals surface area contributed by atoms with Gasteiger partial charge in [0.1, 0.15) is 0 Å². The highest BCUT2D eigenvalue weighted by Crippen LogP contribution is 2.17. The second-order valence-corrected chi connectivity index (χ2v) is 5.10. The SMILES string of the molecule is CCC(C)CNC(=O)C(N)C(C)(C)C. The molecule has 0 aliphatic heterocycles. The smallest absolute Gasteiger partial charge is 0.237 e. The fourth-order valence-corrected chi connectivity index (χ4v) is 0.922. The van der Waals surface area contributed by atoms with Gasteiger partial charge >= 0.3 is 0 Å². The van der Waals surface area contributed by atoms with E-state index in [1.807, 2.05) is 20.8 Å². The van der Waals surface area contributed by atoms with Crippen molar-refractivity contribution in [2.75, 3.05) is 6.54 Å². The number of nitrogens with one attached hydrogen (secondary N) is 1. The normalized spacial score (nSPS) is 16.1. The Hall–Kier alpha value is -0.570. The molecule has 0 rings (SSSR count). The van der Waals surface area contributed by atoms with Gasteiger partial charge in [-0.25, -0.2) is 0 Å². The predicted molar refractivity (Wildman–Crippen MR) is 59.9 cm³/mol. The molecule has 3 heteroatoms. The molecule has 14 heavy (non-hydrogen) atoms. The van der Waals surface area contributed by atoms with E-state index >= 15 is 0 Å². The van der Waals surface area contributed by atoms with Crippen LogP contribution in [0.15, 0.2) is 0 Å². The first kappa shape index (κ1) is 13.4. The van der Waals surface area contributed by atoms with Gasteiger partial charge in [-0.1, -0.05) is 41.0 Å². The van der Waals surface area contributed by atoms with Crippen molar-refractivity contribution in [3.63, 3.8) is 0 Å². The Morgan fingerprint density at radius 1 is 1.43 bits per heavy atom. The molecule has 0 aliphatic rings. The molecule has 0 aliphatic carbocycles. The summed E-state index contributed by atoms with van der Waals surface area (Å²) in [4.78, 5) is 11.6. The highest BCUT2D eigenvalue weighted by atomic mass is 16.2. The average molecular weight is 200 g/mol. The third-order valence-electron chi connectivity index (χ3n) is 2.54. The first-order valence-corrected chi connectivity index (χ1v) is 5.32. The van der Waals surface area contributed by atoms with Gasteiger partial charge in [0.25, 0.3) is 0 Å². The Bertz CT molecular complexity index is 184. The molecule has 3 N–H and O–H groups in total. The van der Waals surface area contributed by atoms with Gasteiger partial charge in [0.2, 0.25) is 5.91 Å². The average Bonchev–Trinajstić information content (AvgIpc) is 2.10. The quantitative estimate of drug-likeness (QED) is 0.723. The van der Waals surface area contributed by atoms with E-state index in [2.05, 4.69) is 19.2 Å². The molecular weight excluding hydrogens is 176 g/mol. The molecule has 1 amide bonds. The summed E-state index contributed by atoms with van der Waals surface area (Å²) in [6.07, 6.45) is 1.07. The Morgan fingerprint density at radius 2 is 1.93 bits per heavy atom. The molecule has 0 heterocycles. The Balaban J connectivity index is 3.97. The van der Waals surface area contributed by atoms with Crippen molar-refractivity contribution in [1.82, 2.24) is 5.32 Å². The predicted octanol–water partition coefficient (Wildman–Crippen LogP) is 1.52. The van der Waals surface area contributed by atoms with Crippen molar-refractivity contribution in [2.45, 2.75) is 47.1 Å². The largest absolute Gasteiger partial charge is 0.354 e. The van der Waals surface area contributed by atoms with Gasteiger partial charge in [0.05, 0.1) is 6.04 Å². The van der Waals surface area contributed by atoms with Crippen LogP contribution in [0.4, 0.5) is 0 Å². The Morgan fingerprint density at radius 3 is 2.29 bits per heavy atom. The van der Waals surface area contributed by atoms with Crippen LogP contribution < -0.4 is 11.1 Å². The zero-order chi connectivity index (χ0) is 11.4. The zero-order valence-corrected chi connectivity index (χ0v) is 10.1. The van der Waals surface area contributed by atoms with Gasteiger partial charge in [0, 0.05) is 6.54 Å². The van der Waals surface area contributed by atoms with E-state index in [0.29, 0.717) is 5.92 Å². The van der Waals surface area contributed by atoms with E-state index in [1.54, 1.807) is 0 Å². The summed E-state index contributed by atoms with van der Waals surface area (Å²) in [5, 5.41) is 2.88. The summed E-state index contributed by atoms with van der Waals surface area (Å²) in [7, 11) is 0. The monoisotopic (exact) mass is 200 g/mol. The maximum atomic E-state index is 11.6. The minimum Gasteiger partial charge on any atom is -0.354 e. The molecule has 0 saturated heterocycles. The highest BCUT2D eigenvalue weighted by Gasteiger charge is 2.27. The lowest BCUT2D eigenvalue weighted by atomic mass is 9.87. The molecule has 0 bridgehead atoms. The van der Waals surface area contributed by atoms with E-state index < -0.39 is 6.04 Å². The molecule has 0 spiro atoms. The van der Waals surface area contributed by atoms with Gasteiger partial charge < -0.3 is 11.1 Å². The Labute approximate surface area is 87.4 Å². The van der Waals surface area contributed by atoms with Crippen LogP contribution in [-0.4, -0.2) is 18.5 Å². The van der Waals surface area contributed by atoms with Crippen LogP contribution >= 0.6 is 0 Å². The fraction of sp³-hybridized carbons (Fsp3) is 0.909. The van der Waals surface area contributed by atoms with Crippen LogP contribution in [0.3, 0.4) is 0 Å². The fourth-order valence-electron chi connectivity index (χ4n) is 0.922. The first-order chi connectivity index (χ1) is 6.29. The van der Waals surface area contributed by atoms with Gasteiger partial charge in [-0.05, 0) is 11.3 Å². The third-order valence-corrected chi connectivity index (χ3v) is 2.54. The number of carbonyl (C=O) groups excluding carboxylic acids is 1. The topological polar surface area (TPSA) is 55.1 Å². The molecule has 0 fully saturated rings. The number of hydrogen-bond donors (Lipinski definition) is 2. The lowest BCUT2D eigenvalue weighted by Crippen LogP contribution is -2.49. The van der Waals surface area contributed by atoms with Crippen LogP contribution in [-0.2, 0) is 4.79 Å². The summed E-state index contributed by atoms with van der Waals surface area (Å²) in [5.41, 5.74) is 5.64. The maximum absolute atomic E-state index is 11.6. The number of carbonyl (C=O) groups is 1. The third kappa shape index (κ3) is 4.61. The summed E-state index contributed by atoms with van der Waals surface area (Å²) in [6.45, 7) is 10.9. The van der Waals surface area contributed by atoms with E-state index in [-0.39, 0.29) is 11.3 Å². The molecule has 0 radical (unpaired) electrons. The van der Waals surface area contributed by atoms with E-state index in [0.717, 1.165) is 13.0 Å². The number of amides is 1. The molecule has 2 unspecified atom stereocenters. The van der Waals surface area contributed by atoms with Crippen molar-refractivity contribution in [3.8, 4) is 0 Å². The summed E-state index contributed by atoms with van der Waals surface area (Å²) in [6, 6.07) is -0.424. The van der Waals surface area contributed by atoms with Gasteiger partial charge in [0.15, 0.2) is 0 Å². The van der Waals surface area contributed by atoms with Crippen LogP contribution in [0, 0.1) is 11.3 Å². The molecule has 0 saturated carbocycles. The molecule has 0 aromatic heterocycles. The maximum Gasteiger partial charge on any atom is 0.237 e. The molecule has 0 aromatic rings. The standard InChI is InChI=1S/C11H24N2O/c1-6-8(2)7-13-10(14)9(12)11(3,4)5/h8-9H,6-7,12H2,1-5H3,(H,13,14). The van der Waals surface area contributed by atoms with E-state index in [4.69, 9.17) is 5.73 Å². The second kappa shape index (κ2) is 5.35.